The van der Waals surface area contributed by atoms with Gasteiger partial charge >= 0.3 is 18.0 Å². The average molecular weight is 379 g/mol. The molecule has 0 bridgehead atoms. The SMILES string of the molecule is O=C(Nc1ccccc1C(F)(F)F)C(=O)N1CCN(c2ncccn2)CC1. The fourth-order valence-electron chi connectivity index (χ4n) is 2.72. The van der Waals surface area contributed by atoms with Gasteiger partial charge in [0.1, 0.15) is 0 Å². The van der Waals surface area contributed by atoms with Gasteiger partial charge in [0.05, 0.1) is 11.3 Å². The molecule has 2 aromatic rings. The summed E-state index contributed by atoms with van der Waals surface area (Å²) in [6, 6.07) is 6.21. The highest BCUT2D eigenvalue weighted by Crippen LogP contribution is 2.34. The Kier molecular flexibility index (Phi) is 5.24. The molecule has 1 fully saturated rings. The third kappa shape index (κ3) is 4.33. The van der Waals surface area contributed by atoms with Gasteiger partial charge in [0.2, 0.25) is 5.95 Å². The Morgan fingerprint density at radius 1 is 0.963 bits per heavy atom. The number of nitrogens with zero attached hydrogens (tertiary/aromatic N) is 4. The fraction of sp³-hybridized carbons (Fsp3) is 0.294. The van der Waals surface area contributed by atoms with Crippen molar-refractivity contribution in [3.63, 3.8) is 0 Å². The first-order valence-corrected chi connectivity index (χ1v) is 8.14. The molecule has 0 aliphatic carbocycles. The van der Waals surface area contributed by atoms with Crippen molar-refractivity contribution in [1.82, 2.24) is 14.9 Å². The van der Waals surface area contributed by atoms with Crippen LogP contribution in [-0.2, 0) is 15.8 Å². The maximum atomic E-state index is 13.0. The summed E-state index contributed by atoms with van der Waals surface area (Å²) >= 11 is 0. The van der Waals surface area contributed by atoms with Crippen LogP contribution in [0.25, 0.3) is 0 Å². The molecule has 0 unspecified atom stereocenters. The van der Waals surface area contributed by atoms with E-state index in [0.717, 1.165) is 12.1 Å². The van der Waals surface area contributed by atoms with E-state index in [4.69, 9.17) is 0 Å². The van der Waals surface area contributed by atoms with Crippen LogP contribution in [0.1, 0.15) is 5.56 Å². The van der Waals surface area contributed by atoms with Crippen LogP contribution >= 0.6 is 0 Å². The summed E-state index contributed by atoms with van der Waals surface area (Å²) in [6.45, 7) is 1.32. The largest absolute Gasteiger partial charge is 0.418 e. The van der Waals surface area contributed by atoms with Gasteiger partial charge in [-0.3, -0.25) is 9.59 Å². The van der Waals surface area contributed by atoms with E-state index in [1.807, 2.05) is 4.90 Å². The molecule has 0 radical (unpaired) electrons. The van der Waals surface area contributed by atoms with Gasteiger partial charge in [0.15, 0.2) is 0 Å². The Hall–Kier alpha value is -3.17. The smallest absolute Gasteiger partial charge is 0.337 e. The number of rotatable bonds is 2. The maximum absolute atomic E-state index is 13.0. The molecule has 0 spiro atoms. The van der Waals surface area contributed by atoms with Gasteiger partial charge in [0.25, 0.3) is 0 Å². The Balaban J connectivity index is 1.62. The van der Waals surface area contributed by atoms with Gasteiger partial charge in [0, 0.05) is 38.6 Å². The summed E-state index contributed by atoms with van der Waals surface area (Å²) in [5.41, 5.74) is -1.45. The molecule has 0 atom stereocenters. The summed E-state index contributed by atoms with van der Waals surface area (Å²) in [6.07, 6.45) is -1.43. The number of anilines is 2. The molecule has 2 amide bonds. The lowest BCUT2D eigenvalue weighted by Gasteiger charge is -2.34. The quantitative estimate of drug-likeness (QED) is 0.805. The minimum absolute atomic E-state index is 0.241. The van der Waals surface area contributed by atoms with Crippen LogP contribution in [0.2, 0.25) is 0 Å². The number of aromatic nitrogens is 2. The Labute approximate surface area is 152 Å². The Morgan fingerprint density at radius 2 is 1.59 bits per heavy atom. The third-order valence-corrected chi connectivity index (χ3v) is 4.08. The topological polar surface area (TPSA) is 78.4 Å². The van der Waals surface area contributed by atoms with Crippen LogP contribution in [0.3, 0.4) is 0 Å². The molecule has 7 nitrogen and oxygen atoms in total. The number of benzene rings is 1. The van der Waals surface area contributed by atoms with Gasteiger partial charge in [-0.05, 0) is 18.2 Å². The van der Waals surface area contributed by atoms with Gasteiger partial charge in [-0.15, -0.1) is 0 Å². The standard InChI is InChI=1S/C17H16F3N5O2/c18-17(19,20)12-4-1-2-5-13(12)23-14(26)15(27)24-8-10-25(11-9-24)16-21-6-3-7-22-16/h1-7H,8-11H2,(H,23,26). The van der Waals surface area contributed by atoms with Crippen LogP contribution in [-0.4, -0.2) is 52.9 Å². The van der Waals surface area contributed by atoms with E-state index in [-0.39, 0.29) is 13.1 Å². The second kappa shape index (κ2) is 7.60. The van der Waals surface area contributed by atoms with Crippen molar-refractivity contribution in [2.45, 2.75) is 6.18 Å². The van der Waals surface area contributed by atoms with Crippen molar-refractivity contribution in [1.29, 1.82) is 0 Å². The zero-order valence-corrected chi connectivity index (χ0v) is 14.1. The van der Waals surface area contributed by atoms with Crippen LogP contribution in [0.5, 0.6) is 0 Å². The van der Waals surface area contributed by atoms with Gasteiger partial charge < -0.3 is 15.1 Å². The zero-order chi connectivity index (χ0) is 19.4. The van der Waals surface area contributed by atoms with E-state index >= 15 is 0 Å². The molecular formula is C17H16F3N5O2. The van der Waals surface area contributed by atoms with Gasteiger partial charge in [-0.2, -0.15) is 13.2 Å². The molecule has 1 aliphatic heterocycles. The molecule has 1 aromatic heterocycles. The molecule has 1 aromatic carbocycles. The van der Waals surface area contributed by atoms with Gasteiger partial charge in [-0.1, -0.05) is 12.1 Å². The fourth-order valence-corrected chi connectivity index (χ4v) is 2.72. The minimum atomic E-state index is -4.63. The molecule has 142 valence electrons. The van der Waals surface area contributed by atoms with Crippen molar-refractivity contribution in [2.24, 2.45) is 0 Å². The molecule has 1 saturated heterocycles. The number of alkyl halides is 3. The molecule has 1 aliphatic rings. The molecule has 2 heterocycles. The maximum Gasteiger partial charge on any atom is 0.418 e. The van der Waals surface area contributed by atoms with Gasteiger partial charge in [-0.25, -0.2) is 9.97 Å². The number of hydrogen-bond acceptors (Lipinski definition) is 5. The van der Waals surface area contributed by atoms with Crippen molar-refractivity contribution in [3.8, 4) is 0 Å². The number of amides is 2. The Bertz CT molecular complexity index is 821. The number of hydrogen-bond donors (Lipinski definition) is 1. The number of piperazine rings is 1. The number of carbonyl (C=O) groups excluding carboxylic acids is 2. The number of para-hydroxylation sites is 1. The Morgan fingerprint density at radius 3 is 2.22 bits per heavy atom. The summed E-state index contributed by atoms with van der Waals surface area (Å²) in [7, 11) is 0. The minimum Gasteiger partial charge on any atom is -0.337 e. The molecule has 3 rings (SSSR count). The van der Waals surface area contributed by atoms with Crippen LogP contribution in [0.4, 0.5) is 24.8 Å². The third-order valence-electron chi connectivity index (χ3n) is 4.08. The van der Waals surface area contributed by atoms with E-state index < -0.39 is 29.2 Å². The lowest BCUT2D eigenvalue weighted by molar-refractivity contribution is -0.143. The van der Waals surface area contributed by atoms with Crippen molar-refractivity contribution < 1.29 is 22.8 Å². The summed E-state index contributed by atoms with van der Waals surface area (Å²) in [4.78, 5) is 35.8. The van der Waals surface area contributed by atoms with E-state index in [2.05, 4.69) is 15.3 Å². The normalized spacial score (nSPS) is 14.8. The molecule has 10 heteroatoms. The zero-order valence-electron chi connectivity index (χ0n) is 14.1. The summed E-state index contributed by atoms with van der Waals surface area (Å²) in [5, 5.41) is 2.07. The lowest BCUT2D eigenvalue weighted by atomic mass is 10.1. The number of carbonyl (C=O) groups is 2. The lowest BCUT2D eigenvalue weighted by Crippen LogP contribution is -2.52. The monoisotopic (exact) mass is 379 g/mol. The van der Waals surface area contributed by atoms with Crippen LogP contribution < -0.4 is 10.2 Å². The van der Waals surface area contributed by atoms with E-state index in [9.17, 15) is 22.8 Å². The highest BCUT2D eigenvalue weighted by molar-refractivity contribution is 6.39. The first-order valence-electron chi connectivity index (χ1n) is 8.14. The first-order chi connectivity index (χ1) is 12.9. The summed E-state index contributed by atoms with van der Waals surface area (Å²) < 4.78 is 39.0. The molecule has 0 saturated carbocycles. The summed E-state index contributed by atoms with van der Waals surface area (Å²) in [5.74, 6) is -1.45. The predicted molar refractivity (Wildman–Crippen MR) is 90.9 cm³/mol. The number of halogens is 3. The van der Waals surface area contributed by atoms with Crippen molar-refractivity contribution >= 4 is 23.5 Å². The second-order valence-electron chi connectivity index (χ2n) is 5.83. The molecule has 27 heavy (non-hydrogen) atoms. The van der Waals surface area contributed by atoms with Crippen LogP contribution in [0.15, 0.2) is 42.7 Å². The van der Waals surface area contributed by atoms with E-state index in [0.29, 0.717) is 19.0 Å². The van der Waals surface area contributed by atoms with E-state index in [1.165, 1.54) is 17.0 Å². The number of nitrogens with one attached hydrogen (secondary N) is 1. The van der Waals surface area contributed by atoms with Crippen LogP contribution in [0, 0.1) is 0 Å². The second-order valence-corrected chi connectivity index (χ2v) is 5.83. The van der Waals surface area contributed by atoms with Crippen molar-refractivity contribution in [3.05, 3.63) is 48.3 Å². The molecular weight excluding hydrogens is 363 g/mol. The first kappa shape index (κ1) is 18.6. The van der Waals surface area contributed by atoms with Crippen molar-refractivity contribution in [2.75, 3.05) is 36.4 Å². The van der Waals surface area contributed by atoms with E-state index in [1.54, 1.807) is 18.5 Å². The highest BCUT2D eigenvalue weighted by atomic mass is 19.4. The average Bonchev–Trinajstić information content (AvgIpc) is 2.68. The highest BCUT2D eigenvalue weighted by Gasteiger charge is 2.34. The predicted octanol–water partition coefficient (Wildman–Crippen LogP) is 1.78. The molecule has 1 N–H and O–H groups in total.